The van der Waals surface area contributed by atoms with Crippen molar-refractivity contribution in [2.75, 3.05) is 47.5 Å². The van der Waals surface area contributed by atoms with Crippen LogP contribution in [0, 0.1) is 0 Å². The minimum atomic E-state index is -1.53. The Morgan fingerprint density at radius 1 is 0.408 bits per heavy atom. The van der Waals surface area contributed by atoms with Crippen molar-refractivity contribution in [3.63, 3.8) is 0 Å². The summed E-state index contributed by atoms with van der Waals surface area (Å²) < 4.78 is 22.8. The van der Waals surface area contributed by atoms with Gasteiger partial charge in [-0.05, 0) is 51.4 Å². The highest BCUT2D eigenvalue weighted by atomic mass is 16.7. The van der Waals surface area contributed by atoms with Gasteiger partial charge in [0, 0.05) is 12.8 Å². The molecular weight excluding hydrogens is 947 g/mol. The smallest absolute Gasteiger partial charge is 0.361 e. The highest BCUT2D eigenvalue weighted by Gasteiger charge is 2.25. The lowest BCUT2D eigenvalue weighted by atomic mass is 10.0. The highest BCUT2D eigenvalue weighted by Crippen LogP contribution is 2.18. The quantitative estimate of drug-likeness (QED) is 0.0211. The van der Waals surface area contributed by atoms with E-state index in [2.05, 4.69) is 74.6 Å². The second kappa shape index (κ2) is 58.1. The van der Waals surface area contributed by atoms with Gasteiger partial charge < -0.3 is 28.5 Å². The van der Waals surface area contributed by atoms with Gasteiger partial charge in [0.1, 0.15) is 13.2 Å². The number of hydrogen-bond acceptors (Lipinski definition) is 7. The Morgan fingerprint density at radius 2 is 0.750 bits per heavy atom. The predicted octanol–water partition coefficient (Wildman–Crippen LogP) is 19.2. The lowest BCUT2D eigenvalue weighted by Gasteiger charge is -2.25. The van der Waals surface area contributed by atoms with Crippen molar-refractivity contribution in [2.24, 2.45) is 0 Å². The van der Waals surface area contributed by atoms with Gasteiger partial charge >= 0.3 is 17.9 Å². The molecule has 0 radical (unpaired) electrons. The second-order valence-corrected chi connectivity index (χ2v) is 22.7. The van der Waals surface area contributed by atoms with Crippen molar-refractivity contribution in [2.45, 2.75) is 302 Å². The Kier molecular flexibility index (Phi) is 55.8. The van der Waals surface area contributed by atoms with E-state index in [9.17, 15) is 19.5 Å². The maximum absolute atomic E-state index is 12.8. The maximum atomic E-state index is 12.8. The first-order chi connectivity index (χ1) is 37.1. The molecule has 9 heteroatoms. The Bertz CT molecular complexity index is 1430. The van der Waals surface area contributed by atoms with Crippen molar-refractivity contribution in [3.8, 4) is 0 Å². The van der Waals surface area contributed by atoms with Crippen LogP contribution < -0.4 is 0 Å². The van der Waals surface area contributed by atoms with Crippen LogP contribution in [0.15, 0.2) is 60.8 Å². The zero-order valence-electron chi connectivity index (χ0n) is 50.4. The zero-order chi connectivity index (χ0) is 55.5. The summed E-state index contributed by atoms with van der Waals surface area (Å²) in [6.45, 7) is 4.73. The van der Waals surface area contributed by atoms with Crippen LogP contribution in [0.3, 0.4) is 0 Å². The normalized spacial score (nSPS) is 13.1. The van der Waals surface area contributed by atoms with Gasteiger partial charge in [0.05, 0.1) is 34.4 Å². The van der Waals surface area contributed by atoms with E-state index in [1.807, 2.05) is 21.1 Å². The molecule has 0 spiro atoms. The van der Waals surface area contributed by atoms with Gasteiger partial charge in [-0.3, -0.25) is 9.59 Å². The molecule has 0 aromatic rings. The molecule has 0 aromatic heterocycles. The summed E-state index contributed by atoms with van der Waals surface area (Å²) in [4.78, 5) is 37.4. The van der Waals surface area contributed by atoms with E-state index in [1.54, 1.807) is 0 Å². The number of carbonyl (C=O) groups is 3. The fourth-order valence-corrected chi connectivity index (χ4v) is 9.17. The van der Waals surface area contributed by atoms with Crippen LogP contribution in [0.5, 0.6) is 0 Å². The molecule has 2 unspecified atom stereocenters. The van der Waals surface area contributed by atoms with E-state index in [4.69, 9.17) is 18.9 Å². The number of carboxylic acids is 1. The van der Waals surface area contributed by atoms with Crippen LogP contribution in [-0.2, 0) is 33.3 Å². The molecule has 0 fully saturated rings. The van der Waals surface area contributed by atoms with Crippen molar-refractivity contribution < 1.29 is 42.9 Å². The number of carboxylic acid groups (broad SMARTS) is 1. The van der Waals surface area contributed by atoms with E-state index in [-0.39, 0.29) is 32.2 Å². The van der Waals surface area contributed by atoms with E-state index < -0.39 is 24.3 Å². The fourth-order valence-electron chi connectivity index (χ4n) is 9.17. The first kappa shape index (κ1) is 73.0. The van der Waals surface area contributed by atoms with Crippen molar-refractivity contribution in [1.82, 2.24) is 0 Å². The maximum Gasteiger partial charge on any atom is 0.361 e. The minimum absolute atomic E-state index is 0.176. The van der Waals surface area contributed by atoms with Gasteiger partial charge in [-0.25, -0.2) is 4.79 Å². The molecule has 1 N–H and O–H groups in total. The van der Waals surface area contributed by atoms with E-state index in [0.29, 0.717) is 23.9 Å². The molecule has 9 nitrogen and oxygen atoms in total. The molecule has 0 saturated carbocycles. The van der Waals surface area contributed by atoms with Crippen molar-refractivity contribution in [3.05, 3.63) is 60.8 Å². The summed E-state index contributed by atoms with van der Waals surface area (Å²) in [5, 5.41) is 9.70. The summed E-state index contributed by atoms with van der Waals surface area (Å²) in [5.41, 5.74) is 0. The Morgan fingerprint density at radius 3 is 1.11 bits per heavy atom. The summed E-state index contributed by atoms with van der Waals surface area (Å²) in [6.07, 6.45) is 72.1. The van der Waals surface area contributed by atoms with Crippen LogP contribution >= 0.6 is 0 Å². The first-order valence-corrected chi connectivity index (χ1v) is 32.0. The molecule has 0 amide bonds. The molecule has 0 saturated heterocycles. The van der Waals surface area contributed by atoms with Crippen LogP contribution in [0.25, 0.3) is 0 Å². The fraction of sp³-hybridized carbons (Fsp3) is 0.806. The average Bonchev–Trinajstić information content (AvgIpc) is 3.39. The number of hydrogen-bond donors (Lipinski definition) is 1. The Hall–Kier alpha value is -3.01. The van der Waals surface area contributed by atoms with Crippen molar-refractivity contribution in [1.29, 1.82) is 0 Å². The molecule has 0 aliphatic carbocycles. The van der Waals surface area contributed by atoms with Crippen LogP contribution in [0.2, 0.25) is 0 Å². The van der Waals surface area contributed by atoms with Gasteiger partial charge in [-0.1, -0.05) is 286 Å². The molecule has 76 heavy (non-hydrogen) atoms. The minimum Gasteiger partial charge on any atom is -0.477 e. The van der Waals surface area contributed by atoms with Gasteiger partial charge in [0.15, 0.2) is 6.10 Å². The van der Waals surface area contributed by atoms with E-state index in [0.717, 1.165) is 57.8 Å². The zero-order valence-corrected chi connectivity index (χ0v) is 50.4. The summed E-state index contributed by atoms with van der Waals surface area (Å²) >= 11 is 0. The number of rotatable bonds is 59. The number of ether oxygens (including phenoxy) is 4. The van der Waals surface area contributed by atoms with Crippen molar-refractivity contribution >= 4 is 17.9 Å². The third-order valence-electron chi connectivity index (χ3n) is 14.0. The number of allylic oxidation sites excluding steroid dienone is 10. The molecule has 0 aliphatic heterocycles. The lowest BCUT2D eigenvalue weighted by Crippen LogP contribution is -2.40. The topological polar surface area (TPSA) is 108 Å². The summed E-state index contributed by atoms with van der Waals surface area (Å²) in [5.74, 6) is -2.08. The SMILES string of the molecule is CC/C=C\C/C=C\C/C=C\C/C=C\C/C=C\CCCC(=O)OC(COC(=O)CCCCCCCCCCCCCCCCCCCCCCCCCCCCCCCCCCCC)COC(OCC[N+](C)(C)C)C(=O)O. The van der Waals surface area contributed by atoms with Gasteiger partial charge in [0.2, 0.25) is 0 Å². The molecule has 0 bridgehead atoms. The first-order valence-electron chi connectivity index (χ1n) is 32.0. The van der Waals surface area contributed by atoms with Crippen LogP contribution in [0.4, 0.5) is 0 Å². The van der Waals surface area contributed by atoms with Gasteiger partial charge in [0.25, 0.3) is 6.29 Å². The summed E-state index contributed by atoms with van der Waals surface area (Å²) in [7, 11) is 5.95. The number of aliphatic carboxylic acids is 1. The summed E-state index contributed by atoms with van der Waals surface area (Å²) in [6, 6.07) is 0. The molecule has 0 aliphatic rings. The number of unbranched alkanes of at least 4 members (excludes halogenated alkanes) is 34. The molecule has 442 valence electrons. The van der Waals surface area contributed by atoms with E-state index >= 15 is 0 Å². The second-order valence-electron chi connectivity index (χ2n) is 22.7. The van der Waals surface area contributed by atoms with Crippen LogP contribution in [0.1, 0.15) is 290 Å². The number of likely N-dealkylation sites (N-methyl/N-ethyl adjacent to an activating group) is 1. The van der Waals surface area contributed by atoms with Gasteiger partial charge in [-0.2, -0.15) is 0 Å². The van der Waals surface area contributed by atoms with Crippen LogP contribution in [-0.4, -0.2) is 87.4 Å². The highest BCUT2D eigenvalue weighted by molar-refractivity contribution is 5.71. The molecule has 0 aromatic carbocycles. The lowest BCUT2D eigenvalue weighted by molar-refractivity contribution is -0.870. The molecule has 0 rings (SSSR count). The molecular formula is C67H122NO8+. The monoisotopic (exact) mass is 1070 g/mol. The molecule has 2 atom stereocenters. The third kappa shape index (κ3) is 58.7. The molecule has 0 heterocycles. The number of carbonyl (C=O) groups excluding carboxylic acids is 2. The number of esters is 2. The Balaban J connectivity index is 4.06. The third-order valence-corrected chi connectivity index (χ3v) is 14.0. The average molecular weight is 1070 g/mol. The largest absolute Gasteiger partial charge is 0.477 e. The Labute approximate surface area is 469 Å². The van der Waals surface area contributed by atoms with Gasteiger partial charge in [-0.15, -0.1) is 0 Å². The van der Waals surface area contributed by atoms with E-state index in [1.165, 1.54) is 199 Å². The standard InChI is InChI=1S/C67H121NO8/c1-6-8-10-12-14-16-18-20-22-24-25-26-27-28-29-30-31-32-33-34-35-36-37-38-39-40-42-43-45-47-49-51-53-55-57-64(69)74-61-63(62-75-67(66(71)72)73-60-59-68(3,4)5)76-65(70)58-56-54-52-50-48-46-44-41-23-21-19-17-15-13-11-9-7-2/h9,11,15,17,21,23,44,46,50,52,63,67H,6-8,10,12-14,16,18-20,22,24-43,45,47-49,51,53-62H2,1-5H3/p+1/b11-9-,17-15-,23-21-,46-44-,52-50-. The predicted molar refractivity (Wildman–Crippen MR) is 323 cm³/mol. The number of quaternary nitrogens is 1. The number of nitrogens with zero attached hydrogens (tertiary/aromatic N) is 1.